The maximum Gasteiger partial charge on any atom is 0.0771 e. The number of hydrogen-bond donors (Lipinski definition) is 0. The summed E-state index contributed by atoms with van der Waals surface area (Å²) in [7, 11) is 0. The number of hydrogen-bond acceptors (Lipinski definition) is 2. The van der Waals surface area contributed by atoms with Crippen LogP contribution in [0.4, 0.5) is 0 Å². The molecule has 0 amide bonds. The molecule has 0 bridgehead atoms. The van der Waals surface area contributed by atoms with Crippen molar-refractivity contribution >= 4 is 0 Å². The summed E-state index contributed by atoms with van der Waals surface area (Å²) in [5.41, 5.74) is 0.831. The van der Waals surface area contributed by atoms with Crippen LogP contribution in [0.1, 0.15) is 18.4 Å². The number of nitrogens with zero attached hydrogens (tertiary/aromatic N) is 2. The van der Waals surface area contributed by atoms with Gasteiger partial charge in [-0.1, -0.05) is 5.92 Å². The fourth-order valence-corrected chi connectivity index (χ4v) is 1.53. The van der Waals surface area contributed by atoms with Crippen LogP contribution in [-0.4, -0.2) is 22.5 Å². The third kappa shape index (κ3) is 1.90. The lowest BCUT2D eigenvalue weighted by Gasteiger charge is -2.08. The summed E-state index contributed by atoms with van der Waals surface area (Å²) in [6.07, 6.45) is 11.4. The highest BCUT2D eigenvalue weighted by molar-refractivity contribution is 5.26. The molecule has 1 aliphatic heterocycles. The first-order chi connectivity index (χ1) is 6.38. The minimum absolute atomic E-state index is 0.325. The second-order valence-electron chi connectivity index (χ2n) is 3.23. The zero-order valence-electron chi connectivity index (χ0n) is 7.44. The van der Waals surface area contributed by atoms with E-state index in [4.69, 9.17) is 11.2 Å². The molecular weight excluding hydrogens is 164 g/mol. The van der Waals surface area contributed by atoms with E-state index in [2.05, 4.69) is 11.0 Å². The first kappa shape index (κ1) is 8.33. The minimum atomic E-state index is 0.325. The molecule has 68 valence electrons. The molecule has 1 aromatic rings. The third-order valence-corrected chi connectivity index (χ3v) is 2.21. The van der Waals surface area contributed by atoms with Crippen LogP contribution in [0, 0.1) is 12.3 Å². The van der Waals surface area contributed by atoms with Crippen LogP contribution in [0.5, 0.6) is 0 Å². The van der Waals surface area contributed by atoms with E-state index in [0.717, 1.165) is 31.6 Å². The van der Waals surface area contributed by atoms with Crippen molar-refractivity contribution in [2.75, 3.05) is 6.61 Å². The van der Waals surface area contributed by atoms with Crippen molar-refractivity contribution in [1.82, 2.24) is 9.78 Å². The number of terminal acetylenes is 1. The summed E-state index contributed by atoms with van der Waals surface area (Å²) < 4.78 is 7.34. The summed E-state index contributed by atoms with van der Waals surface area (Å²) in [6, 6.07) is 0. The Kier molecular flexibility index (Phi) is 2.33. The van der Waals surface area contributed by atoms with Gasteiger partial charge in [-0.3, -0.25) is 4.68 Å². The van der Waals surface area contributed by atoms with E-state index in [1.165, 1.54) is 0 Å². The van der Waals surface area contributed by atoms with Crippen LogP contribution in [0.25, 0.3) is 0 Å². The number of ether oxygens (including phenoxy) is 1. The highest BCUT2D eigenvalue weighted by atomic mass is 16.5. The molecule has 1 atom stereocenters. The highest BCUT2D eigenvalue weighted by Gasteiger charge is 2.15. The zero-order valence-corrected chi connectivity index (χ0v) is 7.44. The van der Waals surface area contributed by atoms with Crippen molar-refractivity contribution < 1.29 is 4.74 Å². The second kappa shape index (κ2) is 3.63. The molecule has 0 radical (unpaired) electrons. The monoisotopic (exact) mass is 176 g/mol. The highest BCUT2D eigenvalue weighted by Crippen LogP contribution is 2.13. The predicted molar refractivity (Wildman–Crippen MR) is 49.1 cm³/mol. The Labute approximate surface area is 77.7 Å². The summed E-state index contributed by atoms with van der Waals surface area (Å²) in [4.78, 5) is 0. The molecule has 1 fully saturated rings. The van der Waals surface area contributed by atoms with E-state index in [1.807, 2.05) is 10.9 Å². The molecule has 2 heterocycles. The SMILES string of the molecule is C#Cc1cnn(C[C@@H]2CCCO2)c1. The van der Waals surface area contributed by atoms with Gasteiger partial charge in [0.15, 0.2) is 0 Å². The molecule has 0 saturated carbocycles. The molecule has 1 aromatic heterocycles. The lowest BCUT2D eigenvalue weighted by molar-refractivity contribution is 0.0940. The molecule has 3 heteroatoms. The van der Waals surface area contributed by atoms with Crippen LogP contribution in [0.15, 0.2) is 12.4 Å². The molecular formula is C10H12N2O. The fraction of sp³-hybridized carbons (Fsp3) is 0.500. The van der Waals surface area contributed by atoms with E-state index >= 15 is 0 Å². The first-order valence-corrected chi connectivity index (χ1v) is 4.49. The molecule has 0 N–H and O–H groups in total. The third-order valence-electron chi connectivity index (χ3n) is 2.21. The van der Waals surface area contributed by atoms with Crippen molar-refractivity contribution in [1.29, 1.82) is 0 Å². The van der Waals surface area contributed by atoms with Crippen molar-refractivity contribution in [3.63, 3.8) is 0 Å². The van der Waals surface area contributed by atoms with Crippen molar-refractivity contribution in [2.45, 2.75) is 25.5 Å². The van der Waals surface area contributed by atoms with E-state index < -0.39 is 0 Å². The Bertz CT molecular complexity index is 318. The molecule has 0 unspecified atom stereocenters. The minimum Gasteiger partial charge on any atom is -0.376 e. The lowest BCUT2D eigenvalue weighted by Crippen LogP contribution is -2.14. The first-order valence-electron chi connectivity index (χ1n) is 4.49. The number of aromatic nitrogens is 2. The lowest BCUT2D eigenvalue weighted by atomic mass is 10.2. The van der Waals surface area contributed by atoms with Gasteiger partial charge in [0.2, 0.25) is 0 Å². The van der Waals surface area contributed by atoms with Gasteiger partial charge in [-0.15, -0.1) is 6.42 Å². The summed E-state index contributed by atoms with van der Waals surface area (Å²) >= 11 is 0. The van der Waals surface area contributed by atoms with Crippen molar-refractivity contribution in [3.8, 4) is 12.3 Å². The van der Waals surface area contributed by atoms with Gasteiger partial charge in [0.25, 0.3) is 0 Å². The second-order valence-corrected chi connectivity index (χ2v) is 3.23. The normalized spacial score (nSPS) is 21.6. The van der Waals surface area contributed by atoms with Crippen LogP contribution in [-0.2, 0) is 11.3 Å². The summed E-state index contributed by atoms with van der Waals surface area (Å²) in [5.74, 6) is 2.55. The van der Waals surface area contributed by atoms with E-state index in [9.17, 15) is 0 Å². The van der Waals surface area contributed by atoms with Gasteiger partial charge < -0.3 is 4.74 Å². The molecule has 13 heavy (non-hydrogen) atoms. The Morgan fingerprint density at radius 2 is 2.69 bits per heavy atom. The molecule has 2 rings (SSSR count). The fourth-order valence-electron chi connectivity index (χ4n) is 1.53. The maximum atomic E-state index is 5.49. The van der Waals surface area contributed by atoms with Gasteiger partial charge in [0.1, 0.15) is 0 Å². The van der Waals surface area contributed by atoms with Gasteiger partial charge in [0, 0.05) is 12.8 Å². The molecule has 0 aliphatic carbocycles. The maximum absolute atomic E-state index is 5.49. The van der Waals surface area contributed by atoms with E-state index in [1.54, 1.807) is 6.20 Å². The van der Waals surface area contributed by atoms with Crippen LogP contribution in [0.3, 0.4) is 0 Å². The average molecular weight is 176 g/mol. The average Bonchev–Trinajstić information content (AvgIpc) is 2.76. The van der Waals surface area contributed by atoms with Crippen LogP contribution >= 0.6 is 0 Å². The van der Waals surface area contributed by atoms with Crippen LogP contribution < -0.4 is 0 Å². The van der Waals surface area contributed by atoms with Crippen LogP contribution in [0.2, 0.25) is 0 Å². The van der Waals surface area contributed by atoms with E-state index in [0.29, 0.717) is 6.10 Å². The predicted octanol–water partition coefficient (Wildman–Crippen LogP) is 1.04. The van der Waals surface area contributed by atoms with Gasteiger partial charge in [-0.25, -0.2) is 0 Å². The van der Waals surface area contributed by atoms with Crippen molar-refractivity contribution in [3.05, 3.63) is 18.0 Å². The summed E-state index contributed by atoms with van der Waals surface area (Å²) in [6.45, 7) is 1.70. The van der Waals surface area contributed by atoms with Crippen molar-refractivity contribution in [2.24, 2.45) is 0 Å². The Hall–Kier alpha value is -1.27. The van der Waals surface area contributed by atoms with Gasteiger partial charge >= 0.3 is 0 Å². The molecule has 3 nitrogen and oxygen atoms in total. The molecule has 1 aliphatic rings. The quantitative estimate of drug-likeness (QED) is 0.630. The van der Waals surface area contributed by atoms with E-state index in [-0.39, 0.29) is 0 Å². The van der Waals surface area contributed by atoms with Gasteiger partial charge in [-0.05, 0) is 12.8 Å². The standard InChI is InChI=1S/C10H12N2O/c1-2-9-6-11-12(7-9)8-10-4-3-5-13-10/h1,6-7,10H,3-5,8H2/t10-/m0/s1. The molecule has 0 spiro atoms. The molecule has 1 saturated heterocycles. The van der Waals surface area contributed by atoms with Gasteiger partial charge in [-0.2, -0.15) is 5.10 Å². The largest absolute Gasteiger partial charge is 0.376 e. The van der Waals surface area contributed by atoms with Gasteiger partial charge in [0.05, 0.1) is 24.4 Å². The Morgan fingerprint density at radius 1 is 1.77 bits per heavy atom. The Balaban J connectivity index is 1.97. The smallest absolute Gasteiger partial charge is 0.0771 e. The number of rotatable bonds is 2. The molecule has 0 aromatic carbocycles. The Morgan fingerprint density at radius 3 is 3.31 bits per heavy atom. The topological polar surface area (TPSA) is 27.1 Å². The summed E-state index contributed by atoms with van der Waals surface area (Å²) in [5, 5.41) is 4.14. The zero-order chi connectivity index (χ0) is 9.10.